The van der Waals surface area contributed by atoms with Crippen LogP contribution in [0, 0.1) is 0 Å². The van der Waals surface area contributed by atoms with E-state index in [2.05, 4.69) is 34.7 Å². The van der Waals surface area contributed by atoms with E-state index in [1.54, 1.807) is 4.68 Å². The number of benzene rings is 1. The topological polar surface area (TPSA) is 64.9 Å². The van der Waals surface area contributed by atoms with Crippen molar-refractivity contribution in [3.63, 3.8) is 0 Å². The lowest BCUT2D eigenvalue weighted by Gasteiger charge is -2.07. The summed E-state index contributed by atoms with van der Waals surface area (Å²) in [5.74, 6) is 1.68. The van der Waals surface area contributed by atoms with Gasteiger partial charge < -0.3 is 10.1 Å². The molecule has 2 rings (SSSR count). The third kappa shape index (κ3) is 3.77. The van der Waals surface area contributed by atoms with Crippen molar-refractivity contribution in [2.45, 2.75) is 33.2 Å². The van der Waals surface area contributed by atoms with Gasteiger partial charge in [-0.05, 0) is 54.1 Å². The van der Waals surface area contributed by atoms with E-state index in [4.69, 9.17) is 4.74 Å². The molecular formula is C14H21N5O. The van der Waals surface area contributed by atoms with Crippen LogP contribution in [0.3, 0.4) is 0 Å². The molecule has 0 bridgehead atoms. The summed E-state index contributed by atoms with van der Waals surface area (Å²) in [6.07, 6.45) is 2.09. The van der Waals surface area contributed by atoms with Crippen molar-refractivity contribution in [1.29, 1.82) is 0 Å². The maximum absolute atomic E-state index is 5.56. The molecule has 2 aromatic rings. The minimum atomic E-state index is 0.662. The molecule has 0 unspecified atom stereocenters. The van der Waals surface area contributed by atoms with E-state index >= 15 is 0 Å². The summed E-state index contributed by atoms with van der Waals surface area (Å²) in [6, 6.07) is 7.81. The highest BCUT2D eigenvalue weighted by molar-refractivity contribution is 5.37. The quantitative estimate of drug-likeness (QED) is 0.746. The first-order valence-electron chi connectivity index (χ1n) is 7.06. The van der Waals surface area contributed by atoms with Gasteiger partial charge >= 0.3 is 0 Å². The molecule has 1 aromatic heterocycles. The molecule has 0 saturated carbocycles. The van der Waals surface area contributed by atoms with Crippen LogP contribution in [0.1, 0.15) is 32.5 Å². The molecular weight excluding hydrogens is 254 g/mol. The van der Waals surface area contributed by atoms with Crippen LogP contribution in [0.4, 0.5) is 0 Å². The molecule has 0 amide bonds. The highest BCUT2D eigenvalue weighted by Gasteiger charge is 2.07. The summed E-state index contributed by atoms with van der Waals surface area (Å²) in [4.78, 5) is 0. The summed E-state index contributed by atoms with van der Waals surface area (Å²) in [5, 5.41) is 15.1. The van der Waals surface area contributed by atoms with Crippen LogP contribution < -0.4 is 10.1 Å². The smallest absolute Gasteiger partial charge is 0.170 e. The average Bonchev–Trinajstić information content (AvgIpc) is 2.94. The van der Waals surface area contributed by atoms with Crippen molar-refractivity contribution < 1.29 is 4.74 Å². The summed E-state index contributed by atoms with van der Waals surface area (Å²) in [6.45, 7) is 6.57. The van der Waals surface area contributed by atoms with Crippen LogP contribution in [0.25, 0.3) is 5.69 Å². The molecule has 0 spiro atoms. The van der Waals surface area contributed by atoms with Crippen molar-refractivity contribution in [3.05, 3.63) is 30.1 Å². The number of ether oxygens (including phenoxy) is 1. The molecule has 0 saturated heterocycles. The first kappa shape index (κ1) is 14.5. The van der Waals surface area contributed by atoms with E-state index < -0.39 is 0 Å². The molecule has 1 aromatic carbocycles. The van der Waals surface area contributed by atoms with Gasteiger partial charge in [-0.15, -0.1) is 5.10 Å². The highest BCUT2D eigenvalue weighted by Crippen LogP contribution is 2.15. The second-order valence-electron chi connectivity index (χ2n) is 4.53. The minimum absolute atomic E-state index is 0.662. The lowest BCUT2D eigenvalue weighted by Crippen LogP contribution is -2.17. The van der Waals surface area contributed by atoms with Gasteiger partial charge in [0.15, 0.2) is 5.82 Å². The number of hydrogen-bond acceptors (Lipinski definition) is 5. The molecule has 0 fully saturated rings. The van der Waals surface area contributed by atoms with Crippen LogP contribution >= 0.6 is 0 Å². The van der Waals surface area contributed by atoms with Crippen LogP contribution in [0.15, 0.2) is 24.3 Å². The van der Waals surface area contributed by atoms with Crippen molar-refractivity contribution in [2.24, 2.45) is 0 Å². The van der Waals surface area contributed by atoms with Crippen molar-refractivity contribution in [1.82, 2.24) is 25.5 Å². The molecule has 108 valence electrons. The molecule has 1 N–H and O–H groups in total. The van der Waals surface area contributed by atoms with E-state index in [0.29, 0.717) is 6.54 Å². The van der Waals surface area contributed by atoms with Crippen LogP contribution in [-0.4, -0.2) is 33.4 Å². The Morgan fingerprint density at radius 3 is 2.65 bits per heavy atom. The number of aromatic nitrogens is 4. The van der Waals surface area contributed by atoms with Gasteiger partial charge in [-0.1, -0.05) is 13.8 Å². The Bertz CT molecular complexity index is 509. The van der Waals surface area contributed by atoms with Crippen molar-refractivity contribution in [2.75, 3.05) is 13.2 Å². The van der Waals surface area contributed by atoms with Gasteiger partial charge in [0.1, 0.15) is 5.75 Å². The Labute approximate surface area is 119 Å². The van der Waals surface area contributed by atoms with Gasteiger partial charge in [0.05, 0.1) is 18.8 Å². The first-order chi connectivity index (χ1) is 9.85. The third-order valence-electron chi connectivity index (χ3n) is 2.80. The molecule has 0 radical (unpaired) electrons. The molecule has 0 aliphatic carbocycles. The Kier molecular flexibility index (Phi) is 5.49. The standard InChI is InChI=1S/C14H21N5O/c1-3-9-15-11-14-16-17-18-19(14)12-5-7-13(8-6-12)20-10-4-2/h5-8,15H,3-4,9-11H2,1-2H3. The van der Waals surface area contributed by atoms with Gasteiger partial charge in [0, 0.05) is 0 Å². The summed E-state index contributed by atoms with van der Waals surface area (Å²) in [7, 11) is 0. The largest absolute Gasteiger partial charge is 0.494 e. The van der Waals surface area contributed by atoms with Crippen LogP contribution in [0.5, 0.6) is 5.75 Å². The number of tetrazole rings is 1. The van der Waals surface area contributed by atoms with Gasteiger partial charge in [-0.2, -0.15) is 4.68 Å². The second-order valence-corrected chi connectivity index (χ2v) is 4.53. The fourth-order valence-corrected chi connectivity index (χ4v) is 1.80. The van der Waals surface area contributed by atoms with Gasteiger partial charge in [-0.25, -0.2) is 0 Å². The van der Waals surface area contributed by atoms with E-state index in [9.17, 15) is 0 Å². The fraction of sp³-hybridized carbons (Fsp3) is 0.500. The maximum Gasteiger partial charge on any atom is 0.170 e. The molecule has 6 heteroatoms. The summed E-state index contributed by atoms with van der Waals surface area (Å²) < 4.78 is 7.31. The monoisotopic (exact) mass is 275 g/mol. The number of rotatable bonds is 8. The second kappa shape index (κ2) is 7.59. The zero-order valence-electron chi connectivity index (χ0n) is 12.0. The van der Waals surface area contributed by atoms with E-state index in [1.165, 1.54) is 0 Å². The fourth-order valence-electron chi connectivity index (χ4n) is 1.80. The molecule has 0 aliphatic heterocycles. The summed E-state index contributed by atoms with van der Waals surface area (Å²) in [5.41, 5.74) is 0.937. The Balaban J connectivity index is 2.05. The SMILES string of the molecule is CCCNCc1nnnn1-c1ccc(OCCC)cc1. The highest BCUT2D eigenvalue weighted by atomic mass is 16.5. The van der Waals surface area contributed by atoms with Crippen molar-refractivity contribution >= 4 is 0 Å². The predicted molar refractivity (Wildman–Crippen MR) is 76.9 cm³/mol. The van der Waals surface area contributed by atoms with Crippen LogP contribution in [0.2, 0.25) is 0 Å². The van der Waals surface area contributed by atoms with Gasteiger partial charge in [-0.3, -0.25) is 0 Å². The van der Waals surface area contributed by atoms with Gasteiger partial charge in [0.25, 0.3) is 0 Å². The van der Waals surface area contributed by atoms with E-state index in [-0.39, 0.29) is 0 Å². The third-order valence-corrected chi connectivity index (χ3v) is 2.80. The Morgan fingerprint density at radius 1 is 1.15 bits per heavy atom. The molecule has 0 atom stereocenters. The predicted octanol–water partition coefficient (Wildman–Crippen LogP) is 1.95. The first-order valence-corrected chi connectivity index (χ1v) is 7.06. The lowest BCUT2D eigenvalue weighted by atomic mass is 10.3. The normalized spacial score (nSPS) is 10.7. The van der Waals surface area contributed by atoms with E-state index in [1.807, 2.05) is 24.3 Å². The average molecular weight is 275 g/mol. The Hall–Kier alpha value is -1.95. The summed E-state index contributed by atoms with van der Waals surface area (Å²) >= 11 is 0. The van der Waals surface area contributed by atoms with Crippen LogP contribution in [-0.2, 0) is 6.54 Å². The van der Waals surface area contributed by atoms with E-state index in [0.717, 1.165) is 43.3 Å². The lowest BCUT2D eigenvalue weighted by molar-refractivity contribution is 0.317. The zero-order valence-corrected chi connectivity index (χ0v) is 12.0. The maximum atomic E-state index is 5.56. The Morgan fingerprint density at radius 2 is 1.95 bits per heavy atom. The number of nitrogens with zero attached hydrogens (tertiary/aromatic N) is 4. The van der Waals surface area contributed by atoms with Crippen molar-refractivity contribution in [3.8, 4) is 11.4 Å². The number of hydrogen-bond donors (Lipinski definition) is 1. The van der Waals surface area contributed by atoms with Gasteiger partial charge in [0.2, 0.25) is 0 Å². The molecule has 6 nitrogen and oxygen atoms in total. The molecule has 0 aliphatic rings. The minimum Gasteiger partial charge on any atom is -0.494 e. The number of nitrogens with one attached hydrogen (secondary N) is 1. The zero-order chi connectivity index (χ0) is 14.2. The molecule has 20 heavy (non-hydrogen) atoms. The molecule has 1 heterocycles.